The van der Waals surface area contributed by atoms with E-state index in [1.165, 1.54) is 4.90 Å². The lowest BCUT2D eigenvalue weighted by molar-refractivity contribution is -0.154. The summed E-state index contributed by atoms with van der Waals surface area (Å²) in [6.07, 6.45) is -0.649. The summed E-state index contributed by atoms with van der Waals surface area (Å²) in [5, 5.41) is 11.7. The molecule has 7 nitrogen and oxygen atoms in total. The molecular weight excluding hydrogens is 396 g/mol. The van der Waals surface area contributed by atoms with Gasteiger partial charge in [0.05, 0.1) is 5.92 Å². The molecule has 4 rings (SSSR count). The number of carbonyl (C=O) groups excluding carboxylic acids is 2. The Morgan fingerprint density at radius 3 is 2.10 bits per heavy atom. The first-order valence-corrected chi connectivity index (χ1v) is 10.5. The maximum Gasteiger partial charge on any atom is 0.407 e. The van der Waals surface area contributed by atoms with Crippen LogP contribution in [0.25, 0.3) is 11.1 Å². The van der Waals surface area contributed by atoms with E-state index in [1.807, 2.05) is 50.2 Å². The first-order valence-electron chi connectivity index (χ1n) is 10.5. The Kier molecular flexibility index (Phi) is 5.67. The minimum atomic E-state index is -0.908. The molecule has 2 aromatic carbocycles. The van der Waals surface area contributed by atoms with Crippen LogP contribution in [-0.4, -0.2) is 53.7 Å². The lowest BCUT2D eigenvalue weighted by Gasteiger charge is -2.39. The Morgan fingerprint density at radius 1 is 1.03 bits per heavy atom. The zero-order valence-corrected chi connectivity index (χ0v) is 17.6. The Hall–Kier alpha value is -3.35. The minimum absolute atomic E-state index is 0.0574. The van der Waals surface area contributed by atoms with Crippen LogP contribution in [0.1, 0.15) is 30.9 Å². The Bertz CT molecular complexity index is 967. The van der Waals surface area contributed by atoms with Crippen LogP contribution in [-0.2, 0) is 14.3 Å². The van der Waals surface area contributed by atoms with Crippen molar-refractivity contribution in [3.8, 4) is 11.1 Å². The molecule has 162 valence electrons. The number of carboxylic acid groups (broad SMARTS) is 1. The second-order valence-electron chi connectivity index (χ2n) is 8.47. The quantitative estimate of drug-likeness (QED) is 0.746. The number of benzene rings is 2. The van der Waals surface area contributed by atoms with Gasteiger partial charge >= 0.3 is 12.1 Å². The molecule has 1 aliphatic heterocycles. The van der Waals surface area contributed by atoms with Gasteiger partial charge in [0.2, 0.25) is 5.91 Å². The van der Waals surface area contributed by atoms with Crippen LogP contribution >= 0.6 is 0 Å². The van der Waals surface area contributed by atoms with Crippen molar-refractivity contribution >= 4 is 18.0 Å². The van der Waals surface area contributed by atoms with Crippen LogP contribution < -0.4 is 5.32 Å². The van der Waals surface area contributed by atoms with Gasteiger partial charge in [-0.3, -0.25) is 9.59 Å². The molecular formula is C24H26N2O5. The molecule has 31 heavy (non-hydrogen) atoms. The molecule has 0 spiro atoms. The monoisotopic (exact) mass is 422 g/mol. The zero-order valence-electron chi connectivity index (χ0n) is 17.6. The van der Waals surface area contributed by atoms with E-state index in [0.29, 0.717) is 0 Å². The number of ether oxygens (including phenoxy) is 1. The van der Waals surface area contributed by atoms with Crippen LogP contribution in [0.3, 0.4) is 0 Å². The van der Waals surface area contributed by atoms with Crippen molar-refractivity contribution in [3.05, 3.63) is 59.7 Å². The average Bonchev–Trinajstić information content (AvgIpc) is 3.02. The number of alkyl carbamates (subject to hydrolysis) is 1. The molecule has 0 radical (unpaired) electrons. The van der Waals surface area contributed by atoms with Crippen molar-refractivity contribution in [2.45, 2.75) is 25.8 Å². The SMILES string of the molecule is CC(C)C(NC(=O)OCC1c2ccccc2-c2ccccc21)C(=O)N1CC(C(=O)O)C1. The molecule has 1 unspecified atom stereocenters. The fourth-order valence-corrected chi connectivity index (χ4v) is 4.29. The molecule has 1 heterocycles. The molecule has 0 bridgehead atoms. The summed E-state index contributed by atoms with van der Waals surface area (Å²) >= 11 is 0. The molecule has 2 aliphatic rings. The number of carbonyl (C=O) groups is 3. The largest absolute Gasteiger partial charge is 0.481 e. The van der Waals surface area contributed by atoms with Gasteiger partial charge in [0.15, 0.2) is 0 Å². The average molecular weight is 422 g/mol. The van der Waals surface area contributed by atoms with Crippen molar-refractivity contribution in [1.29, 1.82) is 0 Å². The first kappa shape index (κ1) is 20.9. The number of nitrogens with zero attached hydrogens (tertiary/aromatic N) is 1. The molecule has 1 saturated heterocycles. The number of carboxylic acids is 1. The Balaban J connectivity index is 1.39. The summed E-state index contributed by atoms with van der Waals surface area (Å²) in [6.45, 7) is 4.18. The highest BCUT2D eigenvalue weighted by molar-refractivity contribution is 5.88. The van der Waals surface area contributed by atoms with Crippen molar-refractivity contribution in [2.24, 2.45) is 11.8 Å². The predicted octanol–water partition coefficient (Wildman–Crippen LogP) is 3.09. The van der Waals surface area contributed by atoms with Gasteiger partial charge in [-0.05, 0) is 28.2 Å². The predicted molar refractivity (Wildman–Crippen MR) is 115 cm³/mol. The van der Waals surface area contributed by atoms with E-state index in [2.05, 4.69) is 17.4 Å². The molecule has 2 aromatic rings. The van der Waals surface area contributed by atoms with Crippen molar-refractivity contribution in [2.75, 3.05) is 19.7 Å². The molecule has 1 atom stereocenters. The standard InChI is InChI=1S/C24H26N2O5/c1-14(2)21(22(27)26-11-15(12-26)23(28)29)25-24(30)31-13-20-18-9-5-3-7-16(18)17-8-4-6-10-19(17)20/h3-10,14-15,20-21H,11-13H2,1-2H3,(H,25,30)(H,28,29). The van der Waals surface area contributed by atoms with Gasteiger partial charge in [0.1, 0.15) is 12.6 Å². The fraction of sp³-hybridized carbons (Fsp3) is 0.375. The summed E-state index contributed by atoms with van der Waals surface area (Å²) in [7, 11) is 0. The third kappa shape index (κ3) is 4.00. The number of fused-ring (bicyclic) bond motifs is 3. The maximum absolute atomic E-state index is 12.7. The highest BCUT2D eigenvalue weighted by Crippen LogP contribution is 2.44. The van der Waals surface area contributed by atoms with Crippen LogP contribution in [0.2, 0.25) is 0 Å². The lowest BCUT2D eigenvalue weighted by Crippen LogP contribution is -2.60. The van der Waals surface area contributed by atoms with Gasteiger partial charge in [-0.25, -0.2) is 4.79 Å². The van der Waals surface area contributed by atoms with E-state index in [0.717, 1.165) is 22.3 Å². The molecule has 7 heteroatoms. The summed E-state index contributed by atoms with van der Waals surface area (Å²) in [4.78, 5) is 37.7. The number of aliphatic carboxylic acids is 1. The minimum Gasteiger partial charge on any atom is -0.481 e. The second kappa shape index (κ2) is 8.41. The summed E-state index contributed by atoms with van der Waals surface area (Å²) in [5.41, 5.74) is 4.53. The van der Waals surface area contributed by atoms with Crippen molar-refractivity contribution in [3.63, 3.8) is 0 Å². The summed E-state index contributed by atoms with van der Waals surface area (Å²) < 4.78 is 5.55. The third-order valence-corrected chi connectivity index (χ3v) is 6.09. The molecule has 2 amide bonds. The fourth-order valence-electron chi connectivity index (χ4n) is 4.29. The van der Waals surface area contributed by atoms with Gasteiger partial charge < -0.3 is 20.1 Å². The van der Waals surface area contributed by atoms with Gasteiger partial charge in [-0.1, -0.05) is 62.4 Å². The highest BCUT2D eigenvalue weighted by atomic mass is 16.5. The van der Waals surface area contributed by atoms with E-state index in [-0.39, 0.29) is 37.4 Å². The van der Waals surface area contributed by atoms with E-state index >= 15 is 0 Å². The number of nitrogens with one attached hydrogen (secondary N) is 1. The third-order valence-electron chi connectivity index (χ3n) is 6.09. The Labute approximate surface area is 181 Å². The van der Waals surface area contributed by atoms with E-state index in [9.17, 15) is 14.4 Å². The number of likely N-dealkylation sites (tertiary alicyclic amines) is 1. The van der Waals surface area contributed by atoms with Crippen molar-refractivity contribution in [1.82, 2.24) is 10.2 Å². The summed E-state index contributed by atoms with van der Waals surface area (Å²) in [6, 6.07) is 15.4. The topological polar surface area (TPSA) is 95.9 Å². The van der Waals surface area contributed by atoms with Gasteiger partial charge in [0.25, 0.3) is 0 Å². The molecule has 0 saturated carbocycles. The van der Waals surface area contributed by atoms with Crippen LogP contribution in [0.15, 0.2) is 48.5 Å². The van der Waals surface area contributed by atoms with Crippen molar-refractivity contribution < 1.29 is 24.2 Å². The Morgan fingerprint density at radius 2 is 1.58 bits per heavy atom. The van der Waals surface area contributed by atoms with Crippen LogP contribution in [0, 0.1) is 11.8 Å². The number of rotatable bonds is 6. The van der Waals surface area contributed by atoms with Gasteiger partial charge in [-0.2, -0.15) is 0 Å². The normalized spacial score (nSPS) is 16.3. The van der Waals surface area contributed by atoms with E-state index in [1.54, 1.807) is 0 Å². The molecule has 1 aliphatic carbocycles. The van der Waals surface area contributed by atoms with Crippen LogP contribution in [0.4, 0.5) is 4.79 Å². The van der Waals surface area contributed by atoms with E-state index in [4.69, 9.17) is 9.84 Å². The molecule has 0 aromatic heterocycles. The van der Waals surface area contributed by atoms with E-state index < -0.39 is 24.0 Å². The second-order valence-corrected chi connectivity index (χ2v) is 8.47. The zero-order chi connectivity index (χ0) is 22.1. The number of hydrogen-bond acceptors (Lipinski definition) is 4. The van der Waals surface area contributed by atoms with Gasteiger partial charge in [-0.15, -0.1) is 0 Å². The molecule has 1 fully saturated rings. The lowest BCUT2D eigenvalue weighted by atomic mass is 9.96. The maximum atomic E-state index is 12.7. The highest BCUT2D eigenvalue weighted by Gasteiger charge is 2.40. The smallest absolute Gasteiger partial charge is 0.407 e. The summed E-state index contributed by atoms with van der Waals surface area (Å²) in [5.74, 6) is -1.93. The molecule has 2 N–H and O–H groups in total. The number of amides is 2. The number of hydrogen-bond donors (Lipinski definition) is 2. The van der Waals surface area contributed by atoms with Crippen LogP contribution in [0.5, 0.6) is 0 Å². The van der Waals surface area contributed by atoms with Gasteiger partial charge in [0, 0.05) is 19.0 Å². The first-order chi connectivity index (χ1) is 14.9.